The van der Waals surface area contributed by atoms with Crippen molar-refractivity contribution in [3.63, 3.8) is 0 Å². The molecule has 0 saturated carbocycles. The van der Waals surface area contributed by atoms with E-state index < -0.39 is 33.9 Å². The first-order valence-corrected chi connectivity index (χ1v) is 3.88. The second-order valence-corrected chi connectivity index (χ2v) is 2.85. The van der Waals surface area contributed by atoms with E-state index >= 15 is 0 Å². The lowest BCUT2D eigenvalue weighted by molar-refractivity contribution is 0.0590. The van der Waals surface area contributed by atoms with Crippen molar-refractivity contribution in [1.29, 1.82) is 0 Å². The Kier molecular flexibility index (Phi) is 4.77. The Bertz CT molecular complexity index is 372. The fraction of sp³-hybridized carbons (Fsp3) is 0.125. The van der Waals surface area contributed by atoms with Crippen LogP contribution in [0.25, 0.3) is 0 Å². The van der Waals surface area contributed by atoms with Gasteiger partial charge >= 0.3 is 5.97 Å². The first-order valence-electron chi connectivity index (χ1n) is 3.50. The van der Waals surface area contributed by atoms with Gasteiger partial charge in [-0.05, 0) is 6.07 Å². The summed E-state index contributed by atoms with van der Waals surface area (Å²) in [5, 5.41) is -0.427. The molecule has 0 fully saturated rings. The molecule has 1 rings (SSSR count). The van der Waals surface area contributed by atoms with Gasteiger partial charge in [0.1, 0.15) is 5.56 Å². The van der Waals surface area contributed by atoms with Crippen LogP contribution in [-0.4, -0.2) is 13.1 Å². The molecule has 0 aliphatic carbocycles. The highest BCUT2D eigenvalue weighted by atomic mass is 35.5. The van der Waals surface area contributed by atoms with Gasteiger partial charge in [-0.2, -0.15) is 0 Å². The molecule has 7 heteroatoms. The van der Waals surface area contributed by atoms with Gasteiger partial charge in [0.05, 0.1) is 17.8 Å². The molecule has 2 N–H and O–H groups in total. The molecule has 0 saturated heterocycles. The lowest BCUT2D eigenvalue weighted by Crippen LogP contribution is -2.10. The summed E-state index contributed by atoms with van der Waals surface area (Å²) in [6.07, 6.45) is 0. The maximum absolute atomic E-state index is 13.2. The zero-order valence-corrected chi connectivity index (χ0v) is 9.09. The van der Waals surface area contributed by atoms with Crippen LogP contribution in [0.5, 0.6) is 0 Å². The Labute approximate surface area is 95.6 Å². The van der Waals surface area contributed by atoms with Gasteiger partial charge < -0.3 is 10.5 Å². The summed E-state index contributed by atoms with van der Waals surface area (Å²) in [7, 11) is 0.998. The predicted octanol–water partition coefficient (Wildman–Crippen LogP) is 2.41. The predicted molar refractivity (Wildman–Crippen MR) is 54.4 cm³/mol. The molecule has 0 unspecified atom stereocenters. The molecule has 1 aromatic rings. The number of anilines is 1. The Morgan fingerprint density at radius 1 is 1.47 bits per heavy atom. The molecule has 0 heterocycles. The number of methoxy groups -OCH3 is 1. The number of hydrogen-bond donors (Lipinski definition) is 1. The van der Waals surface area contributed by atoms with Crippen molar-refractivity contribution < 1.29 is 18.3 Å². The van der Waals surface area contributed by atoms with Crippen LogP contribution in [0.15, 0.2) is 6.07 Å². The van der Waals surface area contributed by atoms with Crippen LogP contribution in [-0.2, 0) is 4.74 Å². The van der Waals surface area contributed by atoms with Crippen molar-refractivity contribution in [3.05, 3.63) is 28.3 Å². The van der Waals surface area contributed by atoms with Gasteiger partial charge in [0, 0.05) is 0 Å². The largest absolute Gasteiger partial charge is 0.465 e. The van der Waals surface area contributed by atoms with E-state index in [1.807, 2.05) is 0 Å². The number of ether oxygens (including phenoxy) is 1. The number of nitrogen functional groups attached to an aromatic ring is 1. The van der Waals surface area contributed by atoms with Crippen LogP contribution in [0.3, 0.4) is 0 Å². The Hall–Kier alpha value is -1.07. The smallest absolute Gasteiger partial charge is 0.344 e. The number of rotatable bonds is 1. The topological polar surface area (TPSA) is 52.3 Å². The maximum atomic E-state index is 13.2. The molecule has 0 radical (unpaired) electrons. The summed E-state index contributed by atoms with van der Waals surface area (Å²) in [5.41, 5.74) is 3.87. The van der Waals surface area contributed by atoms with Crippen molar-refractivity contribution in [2.45, 2.75) is 0 Å². The number of benzene rings is 1. The number of carbonyl (C=O) groups is 1. The first-order chi connectivity index (χ1) is 6.49. The van der Waals surface area contributed by atoms with Gasteiger partial charge in [0.25, 0.3) is 0 Å². The maximum Gasteiger partial charge on any atom is 0.344 e. The Morgan fingerprint density at radius 3 is 2.47 bits per heavy atom. The number of carbonyl (C=O) groups excluding carboxylic acids is 1. The summed E-state index contributed by atoms with van der Waals surface area (Å²) in [6.45, 7) is 0. The number of halogens is 4. The van der Waals surface area contributed by atoms with E-state index in [4.69, 9.17) is 17.3 Å². The lowest BCUT2D eigenvalue weighted by Gasteiger charge is -2.06. The fourth-order valence-corrected chi connectivity index (χ4v) is 1.12. The van der Waals surface area contributed by atoms with Crippen LogP contribution < -0.4 is 5.73 Å². The zero-order chi connectivity index (χ0) is 10.9. The van der Waals surface area contributed by atoms with Crippen molar-refractivity contribution in [2.75, 3.05) is 12.8 Å². The molecule has 3 nitrogen and oxygen atoms in total. The molecule has 84 valence electrons. The molecule has 0 amide bonds. The second-order valence-electron chi connectivity index (χ2n) is 2.44. The van der Waals surface area contributed by atoms with Crippen LogP contribution in [0.1, 0.15) is 10.4 Å². The highest BCUT2D eigenvalue weighted by Gasteiger charge is 2.22. The molecule has 0 bridgehead atoms. The molecule has 0 spiro atoms. The third-order valence-electron chi connectivity index (χ3n) is 1.57. The van der Waals surface area contributed by atoms with Crippen molar-refractivity contribution in [3.8, 4) is 0 Å². The Balaban J connectivity index is 0.00000196. The van der Waals surface area contributed by atoms with Gasteiger partial charge in [0.15, 0.2) is 11.6 Å². The van der Waals surface area contributed by atoms with Crippen LogP contribution >= 0.6 is 24.0 Å². The summed E-state index contributed by atoms with van der Waals surface area (Å²) >= 11 is 5.36. The quantitative estimate of drug-likeness (QED) is 0.478. The number of hydrogen-bond acceptors (Lipinski definition) is 3. The van der Waals surface area contributed by atoms with Crippen molar-refractivity contribution >= 4 is 35.7 Å². The Morgan fingerprint density at radius 2 is 2.00 bits per heavy atom. The van der Waals surface area contributed by atoms with E-state index in [0.717, 1.165) is 13.2 Å². The average Bonchev–Trinajstić information content (AvgIpc) is 2.15. The summed E-state index contributed by atoms with van der Waals surface area (Å²) < 4.78 is 30.5. The first kappa shape index (κ1) is 13.9. The van der Waals surface area contributed by atoms with E-state index in [0.29, 0.717) is 0 Å². The third-order valence-corrected chi connectivity index (χ3v) is 1.85. The molecule has 1 aromatic carbocycles. The van der Waals surface area contributed by atoms with Gasteiger partial charge in [-0.3, -0.25) is 0 Å². The van der Waals surface area contributed by atoms with Crippen molar-refractivity contribution in [2.24, 2.45) is 0 Å². The van der Waals surface area contributed by atoms with Crippen LogP contribution in [0.4, 0.5) is 14.5 Å². The summed E-state index contributed by atoms with van der Waals surface area (Å²) in [4.78, 5) is 10.9. The van der Waals surface area contributed by atoms with E-state index in [1.54, 1.807) is 0 Å². The molecule has 15 heavy (non-hydrogen) atoms. The summed E-state index contributed by atoms with van der Waals surface area (Å²) in [6, 6.07) is 0.888. The molecule has 0 aliphatic heterocycles. The van der Waals surface area contributed by atoms with E-state index in [9.17, 15) is 13.6 Å². The monoisotopic (exact) mass is 257 g/mol. The van der Waals surface area contributed by atoms with Gasteiger partial charge in [0.2, 0.25) is 0 Å². The minimum Gasteiger partial charge on any atom is -0.465 e. The highest BCUT2D eigenvalue weighted by molar-refractivity contribution is 6.31. The zero-order valence-electron chi connectivity index (χ0n) is 7.51. The average molecular weight is 258 g/mol. The van der Waals surface area contributed by atoms with Gasteiger partial charge in [-0.1, -0.05) is 11.6 Å². The SMILES string of the molecule is COC(=O)c1c(F)c(N)cc(Cl)c1F.Cl. The molecular weight excluding hydrogens is 251 g/mol. The van der Waals surface area contributed by atoms with E-state index in [2.05, 4.69) is 4.74 Å². The number of esters is 1. The lowest BCUT2D eigenvalue weighted by atomic mass is 10.1. The van der Waals surface area contributed by atoms with Gasteiger partial charge in [-0.25, -0.2) is 13.6 Å². The standard InChI is InChI=1S/C8H6ClF2NO2.ClH/c1-14-8(13)5-6(10)3(9)2-4(12)7(5)11;/h2H,12H2,1H3;1H. The molecule has 0 aliphatic rings. The van der Waals surface area contributed by atoms with Crippen LogP contribution in [0.2, 0.25) is 5.02 Å². The fourth-order valence-electron chi connectivity index (χ4n) is 0.905. The van der Waals surface area contributed by atoms with E-state index in [-0.39, 0.29) is 12.4 Å². The highest BCUT2D eigenvalue weighted by Crippen LogP contribution is 2.26. The van der Waals surface area contributed by atoms with E-state index in [1.165, 1.54) is 0 Å². The normalized spacial score (nSPS) is 9.33. The van der Waals surface area contributed by atoms with Crippen LogP contribution in [0, 0.1) is 11.6 Å². The second kappa shape index (κ2) is 5.14. The molecule has 0 aromatic heterocycles. The minimum atomic E-state index is -1.18. The third kappa shape index (κ3) is 2.49. The molecule has 0 atom stereocenters. The van der Waals surface area contributed by atoms with Gasteiger partial charge in [-0.15, -0.1) is 12.4 Å². The summed E-state index contributed by atoms with van der Waals surface area (Å²) in [5.74, 6) is -3.50. The number of nitrogens with two attached hydrogens (primary N) is 1. The minimum absolute atomic E-state index is 0. The van der Waals surface area contributed by atoms with Crippen molar-refractivity contribution in [1.82, 2.24) is 0 Å². The molecular formula is C8H7Cl2F2NO2.